The van der Waals surface area contributed by atoms with Gasteiger partial charge in [0, 0.05) is 5.56 Å². The van der Waals surface area contributed by atoms with Crippen molar-refractivity contribution in [3.63, 3.8) is 0 Å². The number of carbonyl (C=O) groups excluding carboxylic acids is 1. The fourth-order valence-electron chi connectivity index (χ4n) is 3.54. The number of nitrogens with one attached hydrogen (secondary N) is 1. The first kappa shape index (κ1) is 20.0. The van der Waals surface area contributed by atoms with E-state index in [-0.39, 0.29) is 5.91 Å². The number of methoxy groups -OCH3 is 2. The van der Waals surface area contributed by atoms with Crippen LogP contribution in [0.15, 0.2) is 42.5 Å². The summed E-state index contributed by atoms with van der Waals surface area (Å²) in [7, 11) is 3.36. The van der Waals surface area contributed by atoms with Crippen LogP contribution in [-0.2, 0) is 6.54 Å². The highest BCUT2D eigenvalue weighted by molar-refractivity contribution is 5.94. The molecule has 2 aromatic rings. The molecule has 3 rings (SSSR count). The van der Waals surface area contributed by atoms with E-state index >= 15 is 0 Å². The second-order valence-electron chi connectivity index (χ2n) is 6.85. The summed E-state index contributed by atoms with van der Waals surface area (Å²) in [4.78, 5) is 16.1. The number of amides is 1. The Morgan fingerprint density at radius 2 is 1.68 bits per heavy atom. The molecule has 0 saturated carbocycles. The molecule has 1 saturated heterocycles. The predicted molar refractivity (Wildman–Crippen MR) is 107 cm³/mol. The molecule has 1 aliphatic heterocycles. The molecular formula is C22H29N2O4+. The summed E-state index contributed by atoms with van der Waals surface area (Å²) >= 11 is 0. The van der Waals surface area contributed by atoms with Crippen LogP contribution in [0.3, 0.4) is 0 Å². The van der Waals surface area contributed by atoms with E-state index < -0.39 is 0 Å². The number of nitrogens with zero attached hydrogens (tertiary/aromatic N) is 1. The van der Waals surface area contributed by atoms with Crippen LogP contribution >= 0.6 is 0 Å². The fraction of sp³-hybridized carbons (Fsp3) is 0.409. The molecule has 0 unspecified atom stereocenters. The van der Waals surface area contributed by atoms with E-state index in [1.54, 1.807) is 14.2 Å². The number of hydrogen-bond donors (Lipinski definition) is 1. The third-order valence-electron chi connectivity index (χ3n) is 5.10. The molecule has 150 valence electrons. The van der Waals surface area contributed by atoms with Crippen LogP contribution in [-0.4, -0.2) is 57.8 Å². The van der Waals surface area contributed by atoms with E-state index in [4.69, 9.17) is 14.2 Å². The number of hydrogen-bond acceptors (Lipinski definition) is 4. The number of rotatable bonds is 7. The highest BCUT2D eigenvalue weighted by Crippen LogP contribution is 2.23. The molecule has 0 aromatic heterocycles. The molecule has 0 bridgehead atoms. The Bertz CT molecular complexity index is 784. The zero-order valence-corrected chi connectivity index (χ0v) is 16.9. The van der Waals surface area contributed by atoms with E-state index in [9.17, 15) is 4.79 Å². The first-order valence-electron chi connectivity index (χ1n) is 9.71. The van der Waals surface area contributed by atoms with Gasteiger partial charge in [-0.25, -0.2) is 0 Å². The average molecular weight is 385 g/mol. The Kier molecular flexibility index (Phi) is 6.76. The van der Waals surface area contributed by atoms with Crippen LogP contribution in [0.5, 0.6) is 17.2 Å². The summed E-state index contributed by atoms with van der Waals surface area (Å²) in [6.07, 6.45) is 0. The zero-order chi connectivity index (χ0) is 19.9. The minimum atomic E-state index is 0.0843. The van der Waals surface area contributed by atoms with Crippen molar-refractivity contribution < 1.29 is 23.9 Å². The van der Waals surface area contributed by atoms with E-state index in [0.29, 0.717) is 12.2 Å². The van der Waals surface area contributed by atoms with Gasteiger partial charge in [-0.3, -0.25) is 4.79 Å². The van der Waals surface area contributed by atoms with Gasteiger partial charge in [0.2, 0.25) is 0 Å². The van der Waals surface area contributed by atoms with E-state index in [0.717, 1.165) is 55.5 Å². The van der Waals surface area contributed by atoms with Gasteiger partial charge in [-0.15, -0.1) is 0 Å². The molecule has 1 fully saturated rings. The van der Waals surface area contributed by atoms with E-state index in [1.165, 1.54) is 4.90 Å². The van der Waals surface area contributed by atoms with Crippen molar-refractivity contribution in [1.29, 1.82) is 0 Å². The quantitative estimate of drug-likeness (QED) is 0.787. The maximum Gasteiger partial charge on any atom is 0.254 e. The molecule has 0 aliphatic carbocycles. The van der Waals surface area contributed by atoms with Gasteiger partial charge in [0.25, 0.3) is 5.91 Å². The summed E-state index contributed by atoms with van der Waals surface area (Å²) < 4.78 is 16.3. The lowest BCUT2D eigenvalue weighted by atomic mass is 10.1. The molecule has 1 N–H and O–H groups in total. The Morgan fingerprint density at radius 1 is 1.00 bits per heavy atom. The largest absolute Gasteiger partial charge is 0.497 e. The summed E-state index contributed by atoms with van der Waals surface area (Å²) in [6.45, 7) is 6.72. The lowest BCUT2D eigenvalue weighted by Crippen LogP contribution is -3.13. The van der Waals surface area contributed by atoms with Crippen molar-refractivity contribution in [2.45, 2.75) is 13.5 Å². The van der Waals surface area contributed by atoms with Gasteiger partial charge in [-0.05, 0) is 49.4 Å². The van der Waals surface area contributed by atoms with Crippen LogP contribution in [0.25, 0.3) is 0 Å². The number of ether oxygens (including phenoxy) is 3. The normalized spacial score (nSPS) is 14.6. The molecule has 6 heteroatoms. The lowest BCUT2D eigenvalue weighted by molar-refractivity contribution is -0.917. The second-order valence-corrected chi connectivity index (χ2v) is 6.85. The van der Waals surface area contributed by atoms with Gasteiger partial charge in [0.1, 0.15) is 23.8 Å². The van der Waals surface area contributed by atoms with Gasteiger partial charge in [-0.2, -0.15) is 0 Å². The third-order valence-corrected chi connectivity index (χ3v) is 5.10. The zero-order valence-electron chi connectivity index (χ0n) is 16.9. The first-order chi connectivity index (χ1) is 13.6. The van der Waals surface area contributed by atoms with Gasteiger partial charge in [0.05, 0.1) is 52.6 Å². The predicted octanol–water partition coefficient (Wildman–Crippen LogP) is 1.64. The van der Waals surface area contributed by atoms with Crippen molar-refractivity contribution in [3.05, 3.63) is 53.6 Å². The van der Waals surface area contributed by atoms with Crippen molar-refractivity contribution in [2.24, 2.45) is 0 Å². The molecule has 0 atom stereocenters. The van der Waals surface area contributed by atoms with Crippen LogP contribution < -0.4 is 19.1 Å². The van der Waals surface area contributed by atoms with Crippen molar-refractivity contribution in [2.75, 3.05) is 47.0 Å². The Labute approximate surface area is 166 Å². The smallest absolute Gasteiger partial charge is 0.254 e. The maximum atomic E-state index is 12.8. The Morgan fingerprint density at radius 3 is 2.29 bits per heavy atom. The van der Waals surface area contributed by atoms with Crippen LogP contribution in [0.1, 0.15) is 22.8 Å². The SMILES string of the molecule is CCOc1ccc(C(=O)N2CC[NH+](Cc3cc(OC)ccc3OC)CC2)cc1. The topological polar surface area (TPSA) is 52.4 Å². The maximum absolute atomic E-state index is 12.8. The molecule has 1 amide bonds. The fourth-order valence-corrected chi connectivity index (χ4v) is 3.54. The molecule has 1 aliphatic rings. The van der Waals surface area contributed by atoms with Crippen LogP contribution in [0, 0.1) is 0 Å². The minimum absolute atomic E-state index is 0.0843. The second kappa shape index (κ2) is 9.46. The standard InChI is InChI=1S/C22H28N2O4/c1-4-28-19-7-5-17(6-8-19)22(25)24-13-11-23(12-14-24)16-18-15-20(26-2)9-10-21(18)27-3/h5-10,15H,4,11-14,16H2,1-3H3/p+1. The molecule has 2 aromatic carbocycles. The summed E-state index contributed by atoms with van der Waals surface area (Å²) in [5.74, 6) is 2.59. The van der Waals surface area contributed by atoms with Crippen molar-refractivity contribution >= 4 is 5.91 Å². The molecule has 0 radical (unpaired) electrons. The van der Waals surface area contributed by atoms with Gasteiger partial charge in [0.15, 0.2) is 0 Å². The third kappa shape index (κ3) is 4.75. The monoisotopic (exact) mass is 385 g/mol. The number of carbonyl (C=O) groups is 1. The minimum Gasteiger partial charge on any atom is -0.497 e. The highest BCUT2D eigenvalue weighted by Gasteiger charge is 2.25. The number of benzene rings is 2. The van der Waals surface area contributed by atoms with Gasteiger partial charge < -0.3 is 24.0 Å². The van der Waals surface area contributed by atoms with Gasteiger partial charge >= 0.3 is 0 Å². The van der Waals surface area contributed by atoms with Crippen LogP contribution in [0.2, 0.25) is 0 Å². The molecular weight excluding hydrogens is 356 g/mol. The number of piperazine rings is 1. The Hall–Kier alpha value is -2.73. The average Bonchev–Trinajstić information content (AvgIpc) is 2.74. The molecule has 28 heavy (non-hydrogen) atoms. The highest BCUT2D eigenvalue weighted by atomic mass is 16.5. The van der Waals surface area contributed by atoms with E-state index in [1.807, 2.05) is 54.3 Å². The summed E-state index contributed by atoms with van der Waals surface area (Å²) in [6, 6.07) is 13.3. The number of quaternary nitrogens is 1. The molecule has 1 heterocycles. The first-order valence-corrected chi connectivity index (χ1v) is 9.71. The van der Waals surface area contributed by atoms with E-state index in [2.05, 4.69) is 0 Å². The van der Waals surface area contributed by atoms with Crippen molar-refractivity contribution in [1.82, 2.24) is 4.90 Å². The summed E-state index contributed by atoms with van der Waals surface area (Å²) in [5, 5.41) is 0. The van der Waals surface area contributed by atoms with Gasteiger partial charge in [-0.1, -0.05) is 0 Å². The molecule has 0 spiro atoms. The van der Waals surface area contributed by atoms with Crippen molar-refractivity contribution in [3.8, 4) is 17.2 Å². The summed E-state index contributed by atoms with van der Waals surface area (Å²) in [5.41, 5.74) is 1.84. The Balaban J connectivity index is 1.57. The molecule has 6 nitrogen and oxygen atoms in total. The van der Waals surface area contributed by atoms with Crippen LogP contribution in [0.4, 0.5) is 0 Å². The lowest BCUT2D eigenvalue weighted by Gasteiger charge is -2.32.